The van der Waals surface area contributed by atoms with Gasteiger partial charge in [-0.25, -0.2) is 0 Å². The lowest BCUT2D eigenvalue weighted by Gasteiger charge is -2.35. The highest BCUT2D eigenvalue weighted by atomic mass is 16.5. The molecule has 0 unspecified atom stereocenters. The summed E-state index contributed by atoms with van der Waals surface area (Å²) in [6, 6.07) is 82.9. The van der Waals surface area contributed by atoms with Crippen molar-refractivity contribution in [2.45, 2.75) is 19.3 Å². The lowest BCUT2D eigenvalue weighted by atomic mass is 9.81. The summed E-state index contributed by atoms with van der Waals surface area (Å²) in [7, 11) is 0. The van der Waals surface area contributed by atoms with Crippen LogP contribution in [0.2, 0.25) is 0 Å². The minimum absolute atomic E-state index is 0.279. The number of hydrogen-bond donors (Lipinski definition) is 0. The third kappa shape index (κ3) is 5.28. The second-order valence-electron chi connectivity index (χ2n) is 20.1. The number of fused-ring (bicyclic) bond motifs is 18. The van der Waals surface area contributed by atoms with Crippen molar-refractivity contribution in [2.24, 2.45) is 0 Å². The molecule has 0 saturated carbocycles. The Kier molecular flexibility index (Phi) is 7.65. The molecule has 0 fully saturated rings. The zero-order valence-corrected chi connectivity index (χ0v) is 39.1. The van der Waals surface area contributed by atoms with Crippen LogP contribution in [0.5, 0.6) is 11.5 Å². The predicted molar refractivity (Wildman–Crippen MR) is 297 cm³/mol. The summed E-state index contributed by atoms with van der Waals surface area (Å²) in [6.07, 6.45) is 0. The molecule has 0 atom stereocenters. The van der Waals surface area contributed by atoms with Crippen LogP contribution in [0.3, 0.4) is 0 Å². The molecule has 3 heterocycles. The highest BCUT2D eigenvalue weighted by Gasteiger charge is 2.39. The van der Waals surface area contributed by atoms with Gasteiger partial charge in [-0.1, -0.05) is 147 Å². The number of nitrogens with zero attached hydrogens (tertiary/aromatic N) is 3. The van der Waals surface area contributed by atoms with Crippen LogP contribution in [0, 0.1) is 0 Å². The second-order valence-corrected chi connectivity index (χ2v) is 20.1. The van der Waals surface area contributed by atoms with Crippen LogP contribution < -0.4 is 9.64 Å². The molecular weight excluding hydrogens is 863 g/mol. The van der Waals surface area contributed by atoms with Crippen molar-refractivity contribution in [3.05, 3.63) is 236 Å². The standard InChI is InChI=1S/C67H43N3O/c1-67(2)57-37-53-48-23-8-6-21-46(48)45-20-5-7-22-47(45)52(53)36-54(57)55-38-66-64(39-58(55)67)70(63-32-40-16-3-4-17-41(40)33-65(63)71-66)43-19-15-18-42(34-43)68-61-29-14-11-26-51(61)56-35-44(30-31-62(56)68)69-59-27-12-9-24-49(59)50-25-10-13-28-60(50)69/h3-39H,1-2H3. The van der Waals surface area contributed by atoms with E-state index in [1.165, 1.54) is 92.5 Å². The van der Waals surface area contributed by atoms with Crippen molar-refractivity contribution < 1.29 is 4.74 Å². The van der Waals surface area contributed by atoms with Gasteiger partial charge in [-0.2, -0.15) is 0 Å². The van der Waals surface area contributed by atoms with Gasteiger partial charge in [0, 0.05) is 44.0 Å². The Labute approximate surface area is 409 Å². The summed E-state index contributed by atoms with van der Waals surface area (Å²) in [5.41, 5.74) is 14.9. The highest BCUT2D eigenvalue weighted by Crippen LogP contribution is 2.59. The van der Waals surface area contributed by atoms with Gasteiger partial charge >= 0.3 is 0 Å². The van der Waals surface area contributed by atoms with E-state index in [0.717, 1.165) is 56.4 Å². The summed E-state index contributed by atoms with van der Waals surface area (Å²) in [6.45, 7) is 4.79. The number of rotatable bonds is 3. The Morgan fingerprint density at radius 2 is 0.761 bits per heavy atom. The average Bonchev–Trinajstić information content (AvgIpc) is 4.01. The van der Waals surface area contributed by atoms with Crippen molar-refractivity contribution in [1.29, 1.82) is 0 Å². The quantitative estimate of drug-likeness (QED) is 0.165. The molecular formula is C67H43N3O. The van der Waals surface area contributed by atoms with Crippen LogP contribution in [-0.2, 0) is 5.41 Å². The summed E-state index contributed by atoms with van der Waals surface area (Å²) in [5, 5.41) is 15.0. The van der Waals surface area contributed by atoms with Crippen molar-refractivity contribution in [3.8, 4) is 34.0 Å². The van der Waals surface area contributed by atoms with Gasteiger partial charge < -0.3 is 18.8 Å². The molecule has 0 saturated heterocycles. The number of anilines is 3. The van der Waals surface area contributed by atoms with Gasteiger partial charge in [-0.3, -0.25) is 0 Å². The van der Waals surface area contributed by atoms with Crippen molar-refractivity contribution >= 4 is 104 Å². The topological polar surface area (TPSA) is 22.3 Å². The van der Waals surface area contributed by atoms with Crippen LogP contribution in [0.15, 0.2) is 224 Å². The third-order valence-corrected chi connectivity index (χ3v) is 16.0. The van der Waals surface area contributed by atoms with Crippen molar-refractivity contribution in [3.63, 3.8) is 0 Å². The maximum atomic E-state index is 7.13. The van der Waals surface area contributed by atoms with Gasteiger partial charge in [-0.15, -0.1) is 0 Å². The molecule has 71 heavy (non-hydrogen) atoms. The molecule has 0 radical (unpaired) electrons. The first-order valence-electron chi connectivity index (χ1n) is 24.7. The summed E-state index contributed by atoms with van der Waals surface area (Å²) in [5.74, 6) is 1.68. The molecule has 4 nitrogen and oxygen atoms in total. The first-order chi connectivity index (χ1) is 35.0. The maximum Gasteiger partial charge on any atom is 0.152 e. The Morgan fingerprint density at radius 3 is 1.41 bits per heavy atom. The molecule has 2 aliphatic rings. The second kappa shape index (κ2) is 14.0. The monoisotopic (exact) mass is 905 g/mol. The van der Waals surface area contributed by atoms with Crippen LogP contribution in [0.25, 0.3) is 109 Å². The smallest absolute Gasteiger partial charge is 0.152 e. The molecule has 0 N–H and O–H groups in total. The van der Waals surface area contributed by atoms with E-state index in [9.17, 15) is 0 Å². The van der Waals surface area contributed by atoms with Gasteiger partial charge in [0.2, 0.25) is 0 Å². The fourth-order valence-electron chi connectivity index (χ4n) is 12.7. The molecule has 4 heteroatoms. The number of hydrogen-bond acceptors (Lipinski definition) is 2. The van der Waals surface area contributed by atoms with E-state index in [-0.39, 0.29) is 5.41 Å². The lowest BCUT2D eigenvalue weighted by molar-refractivity contribution is 0.477. The first-order valence-corrected chi connectivity index (χ1v) is 24.7. The van der Waals surface area contributed by atoms with E-state index < -0.39 is 0 Å². The minimum atomic E-state index is -0.279. The fraction of sp³-hybridized carbons (Fsp3) is 0.0448. The summed E-state index contributed by atoms with van der Waals surface area (Å²) >= 11 is 0. The molecule has 2 aromatic heterocycles. The Bertz CT molecular complexity index is 4610. The van der Waals surface area contributed by atoms with E-state index in [1.54, 1.807) is 0 Å². The molecule has 0 spiro atoms. The average molecular weight is 906 g/mol. The van der Waals surface area contributed by atoms with Crippen LogP contribution in [0.4, 0.5) is 17.1 Å². The molecule has 332 valence electrons. The SMILES string of the molecule is CC1(C)c2cc3c(cc2-c2cc4c5ccccc5c5ccccc5c4cc21)Oc1cc2ccccc2cc1N3c1cccc(-n2c3ccccc3c3cc(-n4c5ccccc5c5ccccc54)ccc32)c1. The number of benzene rings is 12. The van der Waals surface area contributed by atoms with Crippen LogP contribution >= 0.6 is 0 Å². The normalized spacial score (nSPS) is 13.7. The maximum absolute atomic E-state index is 7.13. The van der Waals surface area contributed by atoms with E-state index in [0.29, 0.717) is 0 Å². The Balaban J connectivity index is 0.896. The molecule has 16 rings (SSSR count). The zero-order chi connectivity index (χ0) is 46.7. The minimum Gasteiger partial charge on any atom is -0.453 e. The third-order valence-electron chi connectivity index (χ3n) is 16.0. The molecule has 14 aromatic rings. The summed E-state index contributed by atoms with van der Waals surface area (Å²) in [4.78, 5) is 2.44. The van der Waals surface area contributed by atoms with Gasteiger partial charge in [-0.05, 0) is 156 Å². The molecule has 1 aliphatic carbocycles. The van der Waals surface area contributed by atoms with Gasteiger partial charge in [0.1, 0.15) is 0 Å². The van der Waals surface area contributed by atoms with Crippen LogP contribution in [-0.4, -0.2) is 9.13 Å². The fourth-order valence-corrected chi connectivity index (χ4v) is 12.7. The number of para-hydroxylation sites is 3. The Hall–Kier alpha value is -9.12. The van der Waals surface area contributed by atoms with Crippen molar-refractivity contribution in [1.82, 2.24) is 9.13 Å². The Morgan fingerprint density at radius 1 is 0.310 bits per heavy atom. The molecule has 0 amide bonds. The largest absolute Gasteiger partial charge is 0.453 e. The van der Waals surface area contributed by atoms with Gasteiger partial charge in [0.05, 0.1) is 33.4 Å². The van der Waals surface area contributed by atoms with Gasteiger partial charge in [0.15, 0.2) is 11.5 Å². The van der Waals surface area contributed by atoms with E-state index in [4.69, 9.17) is 4.74 Å². The molecule has 1 aliphatic heterocycles. The molecule has 0 bridgehead atoms. The van der Waals surface area contributed by atoms with Crippen LogP contribution in [0.1, 0.15) is 25.0 Å². The lowest BCUT2D eigenvalue weighted by Crippen LogP contribution is -2.19. The van der Waals surface area contributed by atoms with E-state index in [1.807, 2.05) is 0 Å². The number of ether oxygens (including phenoxy) is 1. The summed E-state index contributed by atoms with van der Waals surface area (Å²) < 4.78 is 12.0. The predicted octanol–water partition coefficient (Wildman–Crippen LogP) is 18.4. The first kappa shape index (κ1) is 38.8. The van der Waals surface area contributed by atoms with E-state index in [2.05, 4.69) is 252 Å². The number of aromatic nitrogens is 2. The zero-order valence-electron chi connectivity index (χ0n) is 39.1. The molecule has 12 aromatic carbocycles. The highest BCUT2D eigenvalue weighted by molar-refractivity contribution is 6.26. The van der Waals surface area contributed by atoms with Crippen molar-refractivity contribution in [2.75, 3.05) is 4.90 Å². The van der Waals surface area contributed by atoms with Gasteiger partial charge in [0.25, 0.3) is 0 Å². The van der Waals surface area contributed by atoms with E-state index >= 15 is 0 Å².